The van der Waals surface area contributed by atoms with Crippen molar-refractivity contribution >= 4 is 33.5 Å². The molecular formula is C13H15BrN2O3. The number of carbonyl (C=O) groups excluding carboxylic acids is 1. The maximum Gasteiger partial charge on any atom is 0.337 e. The number of amides is 1. The van der Waals surface area contributed by atoms with Gasteiger partial charge in [0.2, 0.25) is 5.91 Å². The van der Waals surface area contributed by atoms with E-state index in [9.17, 15) is 9.59 Å². The third kappa shape index (κ3) is 3.54. The predicted molar refractivity (Wildman–Crippen MR) is 75.4 cm³/mol. The lowest BCUT2D eigenvalue weighted by molar-refractivity contribution is -0.118. The van der Waals surface area contributed by atoms with Crippen LogP contribution in [0.15, 0.2) is 22.7 Å². The second-order valence-corrected chi connectivity index (χ2v) is 5.40. The number of benzene rings is 1. The topological polar surface area (TPSA) is 78.4 Å². The highest BCUT2D eigenvalue weighted by Gasteiger charge is 2.22. The summed E-state index contributed by atoms with van der Waals surface area (Å²) in [5.74, 6) is -1.24. The van der Waals surface area contributed by atoms with Crippen LogP contribution in [0.2, 0.25) is 0 Å². The quantitative estimate of drug-likeness (QED) is 0.795. The molecule has 5 nitrogen and oxygen atoms in total. The largest absolute Gasteiger partial charge is 0.478 e. The Kier molecular flexibility index (Phi) is 4.55. The van der Waals surface area contributed by atoms with E-state index in [0.717, 1.165) is 25.8 Å². The van der Waals surface area contributed by atoms with Crippen molar-refractivity contribution < 1.29 is 14.7 Å². The summed E-state index contributed by atoms with van der Waals surface area (Å²) < 4.78 is 0.665. The average Bonchev–Trinajstić information content (AvgIpc) is 2.41. The third-order valence-electron chi connectivity index (χ3n) is 3.10. The van der Waals surface area contributed by atoms with Crippen molar-refractivity contribution in [1.82, 2.24) is 5.32 Å². The van der Waals surface area contributed by atoms with Crippen LogP contribution in [0.1, 0.15) is 29.6 Å². The normalized spacial score (nSPS) is 18.9. The molecule has 1 aromatic rings. The molecule has 1 amide bonds. The van der Waals surface area contributed by atoms with Gasteiger partial charge in [-0.3, -0.25) is 4.79 Å². The molecule has 0 aromatic heterocycles. The maximum absolute atomic E-state index is 12.0. The SMILES string of the molecule is O=C(O)c1cc(Br)ccc1NC(=O)[C@H]1CCCCN1. The first-order chi connectivity index (χ1) is 9.08. The highest BCUT2D eigenvalue weighted by Crippen LogP contribution is 2.22. The first-order valence-electron chi connectivity index (χ1n) is 6.15. The van der Waals surface area contributed by atoms with E-state index >= 15 is 0 Å². The van der Waals surface area contributed by atoms with Gasteiger partial charge in [-0.2, -0.15) is 0 Å². The Morgan fingerprint density at radius 1 is 1.37 bits per heavy atom. The Hall–Kier alpha value is -1.40. The number of rotatable bonds is 3. The monoisotopic (exact) mass is 326 g/mol. The second kappa shape index (κ2) is 6.16. The van der Waals surface area contributed by atoms with Crippen LogP contribution in [-0.2, 0) is 4.79 Å². The summed E-state index contributed by atoms with van der Waals surface area (Å²) in [4.78, 5) is 23.2. The Morgan fingerprint density at radius 2 is 2.16 bits per heavy atom. The van der Waals surface area contributed by atoms with Crippen molar-refractivity contribution in [3.63, 3.8) is 0 Å². The van der Waals surface area contributed by atoms with E-state index in [4.69, 9.17) is 5.11 Å². The predicted octanol–water partition coefficient (Wildman–Crippen LogP) is 2.23. The van der Waals surface area contributed by atoms with Crippen molar-refractivity contribution in [3.8, 4) is 0 Å². The molecule has 0 radical (unpaired) electrons. The van der Waals surface area contributed by atoms with Crippen molar-refractivity contribution in [2.75, 3.05) is 11.9 Å². The first-order valence-corrected chi connectivity index (χ1v) is 6.94. The summed E-state index contributed by atoms with van der Waals surface area (Å²) in [7, 11) is 0. The summed E-state index contributed by atoms with van der Waals surface area (Å²) in [6.07, 6.45) is 2.87. The fourth-order valence-corrected chi connectivity index (χ4v) is 2.46. The van der Waals surface area contributed by atoms with E-state index < -0.39 is 5.97 Å². The number of carboxylic acid groups (broad SMARTS) is 1. The minimum absolute atomic E-state index is 0.0820. The Balaban J connectivity index is 2.13. The molecule has 3 N–H and O–H groups in total. The fourth-order valence-electron chi connectivity index (χ4n) is 2.10. The molecule has 0 aliphatic carbocycles. The lowest BCUT2D eigenvalue weighted by Gasteiger charge is -2.22. The van der Waals surface area contributed by atoms with Crippen molar-refractivity contribution in [2.24, 2.45) is 0 Å². The zero-order chi connectivity index (χ0) is 13.8. The van der Waals surface area contributed by atoms with Gasteiger partial charge in [0.25, 0.3) is 0 Å². The molecule has 1 aromatic carbocycles. The van der Waals surface area contributed by atoms with E-state index in [1.165, 1.54) is 6.07 Å². The van der Waals surface area contributed by atoms with Gasteiger partial charge in [-0.05, 0) is 37.6 Å². The summed E-state index contributed by atoms with van der Waals surface area (Å²) in [6, 6.07) is 4.54. The lowest BCUT2D eigenvalue weighted by Crippen LogP contribution is -2.43. The number of halogens is 1. The number of carboxylic acids is 1. The number of aromatic carboxylic acids is 1. The summed E-state index contributed by atoms with van der Waals surface area (Å²) in [6.45, 7) is 0.824. The molecule has 0 saturated carbocycles. The van der Waals surface area contributed by atoms with Crippen LogP contribution in [0.25, 0.3) is 0 Å². The lowest BCUT2D eigenvalue weighted by atomic mass is 10.0. The highest BCUT2D eigenvalue weighted by atomic mass is 79.9. The molecule has 1 atom stereocenters. The van der Waals surface area contributed by atoms with Crippen LogP contribution < -0.4 is 10.6 Å². The Morgan fingerprint density at radius 3 is 2.79 bits per heavy atom. The van der Waals surface area contributed by atoms with E-state index in [1.807, 2.05) is 0 Å². The molecular weight excluding hydrogens is 312 g/mol. The molecule has 1 aliphatic heterocycles. The molecule has 6 heteroatoms. The number of hydrogen-bond acceptors (Lipinski definition) is 3. The molecule has 19 heavy (non-hydrogen) atoms. The van der Waals surface area contributed by atoms with Gasteiger partial charge in [-0.15, -0.1) is 0 Å². The molecule has 1 saturated heterocycles. The van der Waals surface area contributed by atoms with Crippen LogP contribution in [0.3, 0.4) is 0 Å². The molecule has 1 fully saturated rings. The highest BCUT2D eigenvalue weighted by molar-refractivity contribution is 9.10. The molecule has 0 spiro atoms. The standard InChI is InChI=1S/C13H15BrN2O3/c14-8-4-5-10(9(7-8)13(18)19)16-12(17)11-3-1-2-6-15-11/h4-5,7,11,15H,1-3,6H2,(H,16,17)(H,18,19)/t11-/m1/s1. The minimum atomic E-state index is -1.06. The Bertz CT molecular complexity index is 499. The van der Waals surface area contributed by atoms with Crippen molar-refractivity contribution in [3.05, 3.63) is 28.2 Å². The smallest absolute Gasteiger partial charge is 0.337 e. The zero-order valence-electron chi connectivity index (χ0n) is 10.3. The molecule has 2 rings (SSSR count). The average molecular weight is 327 g/mol. The molecule has 0 bridgehead atoms. The molecule has 0 unspecified atom stereocenters. The van der Waals surface area contributed by atoms with Gasteiger partial charge in [0.15, 0.2) is 0 Å². The summed E-state index contributed by atoms with van der Waals surface area (Å²) in [5, 5.41) is 14.9. The Labute approximate surface area is 119 Å². The summed E-state index contributed by atoms with van der Waals surface area (Å²) in [5.41, 5.74) is 0.409. The van der Waals surface area contributed by atoms with Gasteiger partial charge >= 0.3 is 5.97 Å². The number of anilines is 1. The van der Waals surface area contributed by atoms with E-state index in [-0.39, 0.29) is 17.5 Å². The number of carbonyl (C=O) groups is 2. The van der Waals surface area contributed by atoms with Crippen LogP contribution >= 0.6 is 15.9 Å². The molecule has 1 aliphatic rings. The van der Waals surface area contributed by atoms with Crippen LogP contribution in [0.4, 0.5) is 5.69 Å². The van der Waals surface area contributed by atoms with Gasteiger partial charge in [0.1, 0.15) is 0 Å². The summed E-state index contributed by atoms with van der Waals surface area (Å²) >= 11 is 3.22. The van der Waals surface area contributed by atoms with Gasteiger partial charge < -0.3 is 15.7 Å². The number of nitrogens with one attached hydrogen (secondary N) is 2. The van der Waals surface area contributed by atoms with E-state index in [1.54, 1.807) is 12.1 Å². The molecule has 102 valence electrons. The van der Waals surface area contributed by atoms with E-state index in [0.29, 0.717) is 10.2 Å². The fraction of sp³-hybridized carbons (Fsp3) is 0.385. The second-order valence-electron chi connectivity index (χ2n) is 4.49. The van der Waals surface area contributed by atoms with Crippen LogP contribution in [0, 0.1) is 0 Å². The first kappa shape index (κ1) is 14.0. The van der Waals surface area contributed by atoms with Crippen molar-refractivity contribution in [1.29, 1.82) is 0 Å². The van der Waals surface area contributed by atoms with Gasteiger partial charge in [-0.1, -0.05) is 22.4 Å². The van der Waals surface area contributed by atoms with Gasteiger partial charge in [0, 0.05) is 4.47 Å². The number of piperidine rings is 1. The van der Waals surface area contributed by atoms with Crippen LogP contribution in [0.5, 0.6) is 0 Å². The third-order valence-corrected chi connectivity index (χ3v) is 3.59. The zero-order valence-corrected chi connectivity index (χ0v) is 11.9. The van der Waals surface area contributed by atoms with Crippen LogP contribution in [-0.4, -0.2) is 29.6 Å². The number of hydrogen-bond donors (Lipinski definition) is 3. The van der Waals surface area contributed by atoms with Gasteiger partial charge in [0.05, 0.1) is 17.3 Å². The van der Waals surface area contributed by atoms with Gasteiger partial charge in [-0.25, -0.2) is 4.79 Å². The maximum atomic E-state index is 12.0. The van der Waals surface area contributed by atoms with E-state index in [2.05, 4.69) is 26.6 Å². The van der Waals surface area contributed by atoms with Crippen molar-refractivity contribution in [2.45, 2.75) is 25.3 Å². The molecule has 1 heterocycles. The minimum Gasteiger partial charge on any atom is -0.478 e.